The molecule has 1 aromatic heterocycles. The number of aromatic nitrogens is 1. The first-order valence-corrected chi connectivity index (χ1v) is 10.5. The second-order valence-electron chi connectivity index (χ2n) is 7.50. The van der Waals surface area contributed by atoms with Crippen molar-refractivity contribution in [3.8, 4) is 0 Å². The molecule has 3 heteroatoms. The summed E-state index contributed by atoms with van der Waals surface area (Å²) in [5.74, 6) is 0. The van der Waals surface area contributed by atoms with Crippen molar-refractivity contribution >= 4 is 17.3 Å². The monoisotopic (exact) mass is 390 g/mol. The Labute approximate surface area is 173 Å². The number of nitrogens with zero attached hydrogens (tertiary/aromatic N) is 2. The fourth-order valence-corrected chi connectivity index (χ4v) is 4.36. The smallest absolute Gasteiger partial charge is 0.0697 e. The topological polar surface area (TPSA) is 8.17 Å². The van der Waals surface area contributed by atoms with Gasteiger partial charge in [-0.05, 0) is 60.2 Å². The van der Waals surface area contributed by atoms with E-state index in [4.69, 9.17) is 11.6 Å². The summed E-state index contributed by atoms with van der Waals surface area (Å²) in [6.45, 7) is 8.59. The molecule has 1 unspecified atom stereocenters. The second kappa shape index (κ2) is 8.28. The summed E-state index contributed by atoms with van der Waals surface area (Å²) in [4.78, 5) is 2.46. The maximum absolute atomic E-state index is 6.23. The van der Waals surface area contributed by atoms with Gasteiger partial charge >= 0.3 is 0 Å². The van der Waals surface area contributed by atoms with Gasteiger partial charge in [0.25, 0.3) is 0 Å². The molecule has 1 aliphatic rings. The van der Waals surface area contributed by atoms with E-state index in [1.54, 1.807) is 0 Å². The fourth-order valence-electron chi connectivity index (χ4n) is 4.17. The summed E-state index contributed by atoms with van der Waals surface area (Å²) < 4.78 is 2.38. The molecule has 0 amide bonds. The normalized spacial score (nSPS) is 16.1. The molecule has 0 N–H and O–H groups in total. The average molecular weight is 391 g/mol. The first-order chi connectivity index (χ1) is 13.7. The molecule has 2 heterocycles. The largest absolute Gasteiger partial charge is 0.361 e. The highest BCUT2D eigenvalue weighted by molar-refractivity contribution is 6.30. The zero-order valence-electron chi connectivity index (χ0n) is 16.4. The number of rotatable bonds is 6. The minimum Gasteiger partial charge on any atom is -0.361 e. The molecule has 0 bridgehead atoms. The molecule has 0 aliphatic carbocycles. The molecule has 144 valence electrons. The molecule has 1 aliphatic heterocycles. The van der Waals surface area contributed by atoms with E-state index < -0.39 is 0 Å². The Morgan fingerprint density at radius 1 is 1.04 bits per heavy atom. The highest BCUT2D eigenvalue weighted by Crippen LogP contribution is 2.36. The summed E-state index contributed by atoms with van der Waals surface area (Å²) in [5.41, 5.74) is 6.33. The van der Waals surface area contributed by atoms with Gasteiger partial charge in [-0.1, -0.05) is 61.5 Å². The van der Waals surface area contributed by atoms with Crippen molar-refractivity contribution in [2.24, 2.45) is 0 Å². The Bertz CT molecular complexity index is 955. The van der Waals surface area contributed by atoms with Gasteiger partial charge in [-0.25, -0.2) is 0 Å². The van der Waals surface area contributed by atoms with Crippen LogP contribution in [0.1, 0.15) is 41.8 Å². The number of hydrogen-bond acceptors (Lipinski definition) is 1. The van der Waals surface area contributed by atoms with Gasteiger partial charge in [0.2, 0.25) is 0 Å². The Hall–Kier alpha value is -2.45. The minimum atomic E-state index is 0.320. The van der Waals surface area contributed by atoms with E-state index in [0.29, 0.717) is 6.04 Å². The van der Waals surface area contributed by atoms with Gasteiger partial charge < -0.3 is 9.47 Å². The van der Waals surface area contributed by atoms with Gasteiger partial charge in [0.15, 0.2) is 0 Å². The summed E-state index contributed by atoms with van der Waals surface area (Å²) in [7, 11) is 0. The predicted molar refractivity (Wildman–Crippen MR) is 119 cm³/mol. The molecule has 0 saturated carbocycles. The summed E-state index contributed by atoms with van der Waals surface area (Å²) in [5, 5.41) is 0.756. The maximum Gasteiger partial charge on any atom is 0.0697 e. The first-order valence-electron chi connectivity index (χ1n) is 10.1. The van der Waals surface area contributed by atoms with Crippen molar-refractivity contribution in [1.29, 1.82) is 0 Å². The van der Waals surface area contributed by atoms with E-state index in [1.165, 1.54) is 16.8 Å². The van der Waals surface area contributed by atoms with Crippen molar-refractivity contribution < 1.29 is 0 Å². The SMILES string of the molecule is C=C(c1cccc(Cl)c1)N1CCn2cccc2C1CCc1ccc(CC)cc1. The maximum atomic E-state index is 6.23. The molecule has 3 aromatic rings. The van der Waals surface area contributed by atoms with Gasteiger partial charge in [-0.15, -0.1) is 0 Å². The molecule has 2 aromatic carbocycles. The number of hydrogen-bond donors (Lipinski definition) is 0. The molecule has 0 fully saturated rings. The van der Waals surface area contributed by atoms with Crippen LogP contribution in [0.2, 0.25) is 5.02 Å². The molecule has 4 rings (SSSR count). The Morgan fingerprint density at radius 2 is 1.82 bits per heavy atom. The highest BCUT2D eigenvalue weighted by atomic mass is 35.5. The lowest BCUT2D eigenvalue weighted by molar-refractivity contribution is 0.230. The molecule has 28 heavy (non-hydrogen) atoms. The lowest BCUT2D eigenvalue weighted by atomic mass is 9.97. The van der Waals surface area contributed by atoms with E-state index in [2.05, 4.69) is 71.6 Å². The van der Waals surface area contributed by atoms with Crippen LogP contribution in [-0.2, 0) is 19.4 Å². The van der Waals surface area contributed by atoms with Crippen molar-refractivity contribution in [2.45, 2.75) is 38.8 Å². The van der Waals surface area contributed by atoms with E-state index in [1.807, 2.05) is 18.2 Å². The van der Waals surface area contributed by atoms with E-state index in [-0.39, 0.29) is 0 Å². The fraction of sp³-hybridized carbons (Fsp3) is 0.280. The molecule has 0 spiro atoms. The number of fused-ring (bicyclic) bond motifs is 1. The van der Waals surface area contributed by atoms with Crippen LogP contribution in [0.4, 0.5) is 0 Å². The van der Waals surface area contributed by atoms with Gasteiger partial charge in [0.1, 0.15) is 0 Å². The third-order valence-electron chi connectivity index (χ3n) is 5.81. The molecule has 0 radical (unpaired) electrons. The summed E-state index contributed by atoms with van der Waals surface area (Å²) in [6.07, 6.45) is 5.40. The third-order valence-corrected chi connectivity index (χ3v) is 6.04. The summed E-state index contributed by atoms with van der Waals surface area (Å²) >= 11 is 6.23. The van der Waals surface area contributed by atoms with Crippen LogP contribution in [0.25, 0.3) is 5.70 Å². The van der Waals surface area contributed by atoms with Crippen LogP contribution in [0.15, 0.2) is 73.4 Å². The second-order valence-corrected chi connectivity index (χ2v) is 7.94. The number of halogens is 1. The van der Waals surface area contributed by atoms with Gasteiger partial charge in [-0.3, -0.25) is 0 Å². The van der Waals surface area contributed by atoms with Crippen LogP contribution in [0.3, 0.4) is 0 Å². The molecule has 2 nitrogen and oxygen atoms in total. The van der Waals surface area contributed by atoms with Gasteiger partial charge in [0, 0.05) is 35.7 Å². The zero-order valence-corrected chi connectivity index (χ0v) is 17.2. The minimum absolute atomic E-state index is 0.320. The molecular weight excluding hydrogens is 364 g/mol. The van der Waals surface area contributed by atoms with Crippen molar-refractivity contribution in [3.05, 3.63) is 101 Å². The molecule has 0 saturated heterocycles. The van der Waals surface area contributed by atoms with Gasteiger partial charge in [-0.2, -0.15) is 0 Å². The first kappa shape index (κ1) is 18.9. The van der Waals surface area contributed by atoms with Crippen LogP contribution in [0.5, 0.6) is 0 Å². The third kappa shape index (κ3) is 3.88. The zero-order chi connectivity index (χ0) is 19.5. The molecule has 1 atom stereocenters. The molecular formula is C25H27ClN2. The lowest BCUT2D eigenvalue weighted by Gasteiger charge is -2.40. The lowest BCUT2D eigenvalue weighted by Crippen LogP contribution is -2.36. The van der Waals surface area contributed by atoms with Crippen LogP contribution in [-0.4, -0.2) is 16.0 Å². The Morgan fingerprint density at radius 3 is 2.57 bits per heavy atom. The quantitative estimate of drug-likeness (QED) is 0.475. The highest BCUT2D eigenvalue weighted by Gasteiger charge is 2.28. The van der Waals surface area contributed by atoms with Crippen LogP contribution in [0, 0.1) is 0 Å². The number of benzene rings is 2. The van der Waals surface area contributed by atoms with Crippen molar-refractivity contribution in [1.82, 2.24) is 9.47 Å². The Kier molecular flexibility index (Phi) is 5.59. The standard InChI is InChI=1S/C25H27ClN2/c1-3-20-9-11-21(12-10-20)13-14-25-24-8-5-15-27(24)16-17-28(25)19(2)22-6-4-7-23(26)18-22/h4-12,15,18,25H,2-3,13-14,16-17H2,1H3. The van der Waals surface area contributed by atoms with E-state index in [9.17, 15) is 0 Å². The summed E-state index contributed by atoms with van der Waals surface area (Å²) in [6, 6.07) is 21.8. The predicted octanol–water partition coefficient (Wildman–Crippen LogP) is 6.36. The average Bonchev–Trinajstić information content (AvgIpc) is 3.21. The van der Waals surface area contributed by atoms with Crippen molar-refractivity contribution in [2.75, 3.05) is 6.54 Å². The van der Waals surface area contributed by atoms with Gasteiger partial charge in [0.05, 0.1) is 6.04 Å². The van der Waals surface area contributed by atoms with Crippen LogP contribution < -0.4 is 0 Å². The van der Waals surface area contributed by atoms with Crippen LogP contribution >= 0.6 is 11.6 Å². The Balaban J connectivity index is 1.57. The van der Waals surface area contributed by atoms with Crippen molar-refractivity contribution in [3.63, 3.8) is 0 Å². The number of aryl methyl sites for hydroxylation is 2. The van der Waals surface area contributed by atoms with E-state index in [0.717, 1.165) is 48.6 Å². The van der Waals surface area contributed by atoms with E-state index >= 15 is 0 Å².